The topological polar surface area (TPSA) is 86.5 Å². The van der Waals surface area contributed by atoms with Gasteiger partial charge in [0.15, 0.2) is 9.84 Å². The first-order valence-corrected chi connectivity index (χ1v) is 7.36. The summed E-state index contributed by atoms with van der Waals surface area (Å²) in [4.78, 5) is 11.4. The van der Waals surface area contributed by atoms with Crippen molar-refractivity contribution in [2.45, 2.75) is 23.8 Å². The first kappa shape index (κ1) is 14.7. The summed E-state index contributed by atoms with van der Waals surface area (Å²) >= 11 is 0. The molecular weight excluding hydrogens is 254 g/mol. The molecule has 0 aliphatic carbocycles. The maximum absolute atomic E-state index is 11.4. The second kappa shape index (κ2) is 5.97. The third kappa shape index (κ3) is 4.12. The first-order chi connectivity index (χ1) is 8.34. The van der Waals surface area contributed by atoms with Crippen molar-refractivity contribution in [3.8, 4) is 0 Å². The Morgan fingerprint density at radius 2 is 2.11 bits per heavy atom. The molecule has 0 radical (unpaired) electrons. The summed E-state index contributed by atoms with van der Waals surface area (Å²) in [5.41, 5.74) is 6.44. The van der Waals surface area contributed by atoms with Crippen molar-refractivity contribution in [3.63, 3.8) is 0 Å². The highest BCUT2D eigenvalue weighted by atomic mass is 32.2. The molecule has 0 bridgehead atoms. The molecule has 100 valence electrons. The smallest absolute Gasteiger partial charge is 0.322 e. The largest absolute Gasteiger partial charge is 0.468 e. The van der Waals surface area contributed by atoms with E-state index in [1.807, 2.05) is 0 Å². The van der Waals surface area contributed by atoms with Gasteiger partial charge in [-0.3, -0.25) is 4.79 Å². The summed E-state index contributed by atoms with van der Waals surface area (Å²) in [6.45, 7) is 0. The molecule has 2 N–H and O–H groups in total. The quantitative estimate of drug-likeness (QED) is 0.789. The van der Waals surface area contributed by atoms with E-state index in [0.717, 1.165) is 11.8 Å². The minimum Gasteiger partial charge on any atom is -0.468 e. The number of aryl methyl sites for hydroxylation is 1. The fraction of sp³-hybridized carbons (Fsp3) is 0.417. The Balaban J connectivity index is 2.72. The van der Waals surface area contributed by atoms with Crippen LogP contribution in [0.25, 0.3) is 0 Å². The summed E-state index contributed by atoms with van der Waals surface area (Å²) in [5.74, 6) is -0.464. The van der Waals surface area contributed by atoms with E-state index in [-0.39, 0.29) is 4.90 Å². The van der Waals surface area contributed by atoms with Gasteiger partial charge in [0.05, 0.1) is 12.0 Å². The van der Waals surface area contributed by atoms with E-state index in [1.54, 1.807) is 24.3 Å². The van der Waals surface area contributed by atoms with Gasteiger partial charge in [-0.2, -0.15) is 0 Å². The molecule has 1 aromatic carbocycles. The molecule has 0 unspecified atom stereocenters. The molecule has 0 spiro atoms. The molecule has 0 saturated carbocycles. The lowest BCUT2D eigenvalue weighted by Crippen LogP contribution is -2.31. The zero-order valence-corrected chi connectivity index (χ0v) is 11.2. The van der Waals surface area contributed by atoms with Crippen LogP contribution < -0.4 is 5.73 Å². The molecule has 1 aromatic rings. The molecule has 0 aliphatic heterocycles. The monoisotopic (exact) mass is 271 g/mol. The van der Waals surface area contributed by atoms with E-state index in [2.05, 4.69) is 4.74 Å². The Morgan fingerprint density at radius 1 is 1.44 bits per heavy atom. The number of esters is 1. The van der Waals surface area contributed by atoms with Crippen molar-refractivity contribution in [2.24, 2.45) is 5.73 Å². The molecule has 0 aromatic heterocycles. The van der Waals surface area contributed by atoms with Gasteiger partial charge in [0, 0.05) is 6.26 Å². The van der Waals surface area contributed by atoms with Crippen LogP contribution in [0.5, 0.6) is 0 Å². The number of methoxy groups -OCH3 is 1. The van der Waals surface area contributed by atoms with Gasteiger partial charge in [-0.05, 0) is 30.5 Å². The maximum atomic E-state index is 11.4. The van der Waals surface area contributed by atoms with Crippen LogP contribution in [0.1, 0.15) is 12.0 Å². The van der Waals surface area contributed by atoms with Gasteiger partial charge in [-0.25, -0.2) is 8.42 Å². The Bertz CT molecular complexity index is 525. The molecule has 0 saturated heterocycles. The first-order valence-electron chi connectivity index (χ1n) is 5.47. The molecule has 0 heterocycles. The predicted molar refractivity (Wildman–Crippen MR) is 67.9 cm³/mol. The van der Waals surface area contributed by atoms with Crippen molar-refractivity contribution in [1.82, 2.24) is 0 Å². The third-order valence-corrected chi connectivity index (χ3v) is 3.68. The van der Waals surface area contributed by atoms with Gasteiger partial charge in [0.2, 0.25) is 0 Å². The molecule has 1 rings (SSSR count). The van der Waals surface area contributed by atoms with Crippen LogP contribution in [0.2, 0.25) is 0 Å². The Morgan fingerprint density at radius 3 is 2.67 bits per heavy atom. The van der Waals surface area contributed by atoms with Crippen LogP contribution in [-0.2, 0) is 25.8 Å². The second-order valence-corrected chi connectivity index (χ2v) is 6.10. The number of nitrogens with two attached hydrogens (primary N) is 1. The number of ether oxygens (including phenoxy) is 1. The lowest BCUT2D eigenvalue weighted by atomic mass is 10.1. The van der Waals surface area contributed by atoms with Gasteiger partial charge in [0.1, 0.15) is 6.04 Å². The highest BCUT2D eigenvalue weighted by Gasteiger charge is 2.14. The molecular formula is C12H17NO4S. The summed E-state index contributed by atoms with van der Waals surface area (Å²) in [5, 5.41) is 0. The second-order valence-electron chi connectivity index (χ2n) is 4.09. The molecule has 6 heteroatoms. The van der Waals surface area contributed by atoms with Crippen molar-refractivity contribution >= 4 is 15.8 Å². The Kier molecular flexibility index (Phi) is 4.86. The normalized spacial score (nSPS) is 13.1. The maximum Gasteiger partial charge on any atom is 0.322 e. The van der Waals surface area contributed by atoms with E-state index in [4.69, 9.17) is 5.73 Å². The standard InChI is InChI=1S/C12H17NO4S/c1-17-12(14)11(13)7-6-9-4-3-5-10(8-9)18(2,15)16/h3-5,8,11H,6-7,13H2,1-2H3/t11-/m0/s1. The van der Waals surface area contributed by atoms with Gasteiger partial charge < -0.3 is 10.5 Å². The van der Waals surface area contributed by atoms with Crippen LogP contribution in [0.3, 0.4) is 0 Å². The minimum atomic E-state index is -3.21. The van der Waals surface area contributed by atoms with E-state index in [0.29, 0.717) is 12.8 Å². The summed E-state index contributed by atoms with van der Waals surface area (Å²) in [6, 6.07) is 5.93. The third-order valence-electron chi connectivity index (χ3n) is 2.57. The summed E-state index contributed by atoms with van der Waals surface area (Å²) in [6.07, 6.45) is 2.10. The van der Waals surface area contributed by atoms with Crippen LogP contribution >= 0.6 is 0 Å². The van der Waals surface area contributed by atoms with Crippen LogP contribution in [0.15, 0.2) is 29.2 Å². The summed E-state index contributed by atoms with van der Waals surface area (Å²) < 4.78 is 27.3. The molecule has 18 heavy (non-hydrogen) atoms. The molecule has 1 atom stereocenters. The van der Waals surface area contributed by atoms with Gasteiger partial charge >= 0.3 is 5.97 Å². The molecule has 5 nitrogen and oxygen atoms in total. The van der Waals surface area contributed by atoms with Crippen molar-refractivity contribution < 1.29 is 17.9 Å². The summed E-state index contributed by atoms with van der Waals surface area (Å²) in [7, 11) is -1.92. The Hall–Kier alpha value is -1.40. The van der Waals surface area contributed by atoms with Gasteiger partial charge in [-0.1, -0.05) is 12.1 Å². The predicted octanol–water partition coefficient (Wildman–Crippen LogP) is 0.523. The number of carbonyl (C=O) groups excluding carboxylic acids is 1. The molecule has 0 amide bonds. The van der Waals surface area contributed by atoms with Crippen molar-refractivity contribution in [2.75, 3.05) is 13.4 Å². The number of hydrogen-bond donors (Lipinski definition) is 1. The van der Waals surface area contributed by atoms with Crippen LogP contribution in [-0.4, -0.2) is 33.8 Å². The van der Waals surface area contributed by atoms with E-state index in [9.17, 15) is 13.2 Å². The fourth-order valence-electron chi connectivity index (χ4n) is 1.52. The minimum absolute atomic E-state index is 0.270. The van der Waals surface area contributed by atoms with Crippen LogP contribution in [0, 0.1) is 0 Å². The zero-order chi connectivity index (χ0) is 13.8. The number of hydrogen-bond acceptors (Lipinski definition) is 5. The SMILES string of the molecule is COC(=O)[C@@H](N)CCc1cccc(S(C)(=O)=O)c1. The van der Waals surface area contributed by atoms with Crippen molar-refractivity contribution in [3.05, 3.63) is 29.8 Å². The lowest BCUT2D eigenvalue weighted by molar-refractivity contribution is -0.142. The van der Waals surface area contributed by atoms with E-state index < -0.39 is 21.8 Å². The number of rotatable bonds is 5. The lowest BCUT2D eigenvalue weighted by Gasteiger charge is -2.09. The van der Waals surface area contributed by atoms with E-state index in [1.165, 1.54) is 7.11 Å². The highest BCUT2D eigenvalue weighted by Crippen LogP contribution is 2.13. The number of benzene rings is 1. The Labute approximate surface area is 107 Å². The van der Waals surface area contributed by atoms with Gasteiger partial charge in [-0.15, -0.1) is 0 Å². The number of sulfone groups is 1. The van der Waals surface area contributed by atoms with Crippen molar-refractivity contribution in [1.29, 1.82) is 0 Å². The highest BCUT2D eigenvalue weighted by molar-refractivity contribution is 7.90. The zero-order valence-electron chi connectivity index (χ0n) is 10.4. The van der Waals surface area contributed by atoms with Crippen LogP contribution in [0.4, 0.5) is 0 Å². The average Bonchev–Trinajstić information content (AvgIpc) is 2.34. The molecule has 0 aliphatic rings. The number of carbonyl (C=O) groups is 1. The van der Waals surface area contributed by atoms with E-state index >= 15 is 0 Å². The van der Waals surface area contributed by atoms with Gasteiger partial charge in [0.25, 0.3) is 0 Å². The fourth-order valence-corrected chi connectivity index (χ4v) is 2.21. The average molecular weight is 271 g/mol. The molecule has 0 fully saturated rings.